The summed E-state index contributed by atoms with van der Waals surface area (Å²) in [4.78, 5) is 64.7. The Hall–Kier alpha value is -7.53. The minimum Gasteiger partial charge on any atom is -0.490 e. The molecular formula is C42H46N14O6. The molecular weight excluding hydrogens is 797 g/mol. The lowest BCUT2D eigenvalue weighted by Gasteiger charge is -2.28. The predicted molar refractivity (Wildman–Crippen MR) is 227 cm³/mol. The fraction of sp³-hybridized carbons (Fsp3) is 0.357. The van der Waals surface area contributed by atoms with Crippen LogP contribution in [0.25, 0.3) is 22.1 Å². The number of anilines is 2. The number of allylic oxidation sites excluding steroid dienone is 2. The van der Waals surface area contributed by atoms with Crippen molar-refractivity contribution in [3.8, 4) is 17.6 Å². The van der Waals surface area contributed by atoms with E-state index >= 15 is 0 Å². The van der Waals surface area contributed by atoms with Gasteiger partial charge in [0.2, 0.25) is 23.7 Å². The van der Waals surface area contributed by atoms with Gasteiger partial charge in [0.25, 0.3) is 11.8 Å². The molecule has 4 aromatic heterocycles. The fourth-order valence-corrected chi connectivity index (χ4v) is 8.00. The van der Waals surface area contributed by atoms with Crippen molar-refractivity contribution in [1.29, 1.82) is 5.26 Å². The van der Waals surface area contributed by atoms with Crippen molar-refractivity contribution < 1.29 is 28.7 Å². The van der Waals surface area contributed by atoms with E-state index in [1.807, 2.05) is 26.0 Å². The summed E-state index contributed by atoms with van der Waals surface area (Å²) in [5.74, 6) is -1.59. The maximum atomic E-state index is 13.8. The number of imidazole rings is 2. The van der Waals surface area contributed by atoms with E-state index in [9.17, 15) is 24.4 Å². The lowest BCUT2D eigenvalue weighted by molar-refractivity contribution is 0.0991. The zero-order chi connectivity index (χ0) is 43.8. The van der Waals surface area contributed by atoms with Crippen LogP contribution in [0.3, 0.4) is 0 Å². The van der Waals surface area contributed by atoms with Gasteiger partial charge in [-0.25, -0.2) is 9.97 Å². The Labute approximate surface area is 355 Å². The van der Waals surface area contributed by atoms with Gasteiger partial charge in [0.15, 0.2) is 0 Å². The second-order valence-corrected chi connectivity index (χ2v) is 15.2. The third kappa shape index (κ3) is 7.92. The highest BCUT2D eigenvalue weighted by molar-refractivity contribution is 6.05. The van der Waals surface area contributed by atoms with Crippen LogP contribution in [-0.2, 0) is 26.2 Å². The van der Waals surface area contributed by atoms with Crippen molar-refractivity contribution >= 4 is 57.6 Å². The van der Waals surface area contributed by atoms with Gasteiger partial charge in [0.1, 0.15) is 47.1 Å². The molecule has 6 aromatic rings. The molecule has 4 amide bonds. The number of ether oxygens (including phenoxy) is 2. The highest BCUT2D eigenvalue weighted by Gasteiger charge is 2.31. The average Bonchev–Trinajstić information content (AvgIpc) is 4.08. The summed E-state index contributed by atoms with van der Waals surface area (Å²) in [7, 11) is 0. The number of amides is 4. The third-order valence-electron chi connectivity index (χ3n) is 11.0. The molecule has 20 nitrogen and oxygen atoms in total. The zero-order valence-corrected chi connectivity index (χ0v) is 34.7. The van der Waals surface area contributed by atoms with Gasteiger partial charge in [-0.05, 0) is 70.5 Å². The molecule has 0 bridgehead atoms. The van der Waals surface area contributed by atoms with Gasteiger partial charge >= 0.3 is 0 Å². The Morgan fingerprint density at radius 3 is 1.63 bits per heavy atom. The topological polar surface area (TPSA) is 261 Å². The summed E-state index contributed by atoms with van der Waals surface area (Å²) in [5, 5.41) is 24.6. The molecule has 1 saturated heterocycles. The van der Waals surface area contributed by atoms with E-state index in [4.69, 9.17) is 30.9 Å². The van der Waals surface area contributed by atoms with Gasteiger partial charge in [0.05, 0.1) is 40.5 Å². The highest BCUT2D eigenvalue weighted by atomic mass is 16.5. The number of benzene rings is 2. The molecule has 2 aliphatic rings. The fourth-order valence-electron chi connectivity index (χ4n) is 8.00. The Balaban J connectivity index is 1.27. The van der Waals surface area contributed by atoms with E-state index in [1.54, 1.807) is 68.7 Å². The molecule has 2 aromatic carbocycles. The quantitative estimate of drug-likeness (QED) is 0.153. The number of hydrogen-bond acceptors (Lipinski definition) is 12. The number of aryl methyl sites for hydroxylation is 4. The number of primary amides is 2. The van der Waals surface area contributed by atoms with Gasteiger partial charge in [-0.3, -0.25) is 44.1 Å². The first-order chi connectivity index (χ1) is 29.8. The number of nitrogens with two attached hydrogens (primary N) is 2. The molecule has 1 atom stereocenters. The zero-order valence-electron chi connectivity index (χ0n) is 34.7. The average molecular weight is 843 g/mol. The molecule has 1 fully saturated rings. The van der Waals surface area contributed by atoms with Crippen LogP contribution in [0.1, 0.15) is 73.3 Å². The number of likely N-dealkylation sites (tertiary alicyclic amines) is 1. The summed E-state index contributed by atoms with van der Waals surface area (Å²) in [6.45, 7) is 9.70. The van der Waals surface area contributed by atoms with E-state index in [1.165, 1.54) is 0 Å². The first-order valence-electron chi connectivity index (χ1n) is 20.3. The van der Waals surface area contributed by atoms with Gasteiger partial charge in [-0.15, -0.1) is 0 Å². The van der Waals surface area contributed by atoms with E-state index in [0.29, 0.717) is 77.4 Å². The second-order valence-electron chi connectivity index (χ2n) is 15.2. The summed E-state index contributed by atoms with van der Waals surface area (Å²) < 4.78 is 19.9. The standard InChI is InChI=1S/C42H46N14O6/c1-5-55-31(13-23(3)50-55)39(59)48-41-46-29-15-26(37(44)57)17-33-35(29)53(41)10-7-8-11-54-36-30(47-42(54)49-40(60)32-14-24(4)51-56(32)6-2)16-27(38(45)58)18-34(36)62-22-28(21-61-33)52-12-9-25(19-43)20-52/h7-8,13-18,25,28H,5-6,9-12,20-22H2,1-4H3,(H2,44,57)(H2,45,58)(H,46,48,59)(H,47,49,60)/b8-7+. The molecule has 8 rings (SSSR count). The van der Waals surface area contributed by atoms with Gasteiger partial charge < -0.3 is 30.1 Å². The van der Waals surface area contributed by atoms with Gasteiger partial charge in [0, 0.05) is 50.4 Å². The molecule has 2 aliphatic heterocycles. The highest BCUT2D eigenvalue weighted by Crippen LogP contribution is 2.34. The first-order valence-corrected chi connectivity index (χ1v) is 20.3. The Bertz CT molecular complexity index is 2670. The minimum absolute atomic E-state index is 0.0247. The molecule has 0 aliphatic carbocycles. The second kappa shape index (κ2) is 16.8. The Morgan fingerprint density at radius 1 is 0.758 bits per heavy atom. The molecule has 0 saturated carbocycles. The van der Waals surface area contributed by atoms with Gasteiger partial charge in [-0.1, -0.05) is 12.2 Å². The number of carbonyl (C=O) groups excluding carboxylic acids is 4. The SMILES string of the molecule is CCn1nc(C)cc1C(=O)Nc1nc2cc(C(N)=O)cc3c2n1C/C=C/Cn1c(NC(=O)c2cc(C)nn2CC)nc2cc(C(N)=O)cc(c21)OCC(N1CCC(C#N)C1)CO3. The lowest BCUT2D eigenvalue weighted by atomic mass is 10.1. The van der Waals surface area contributed by atoms with Crippen LogP contribution in [0.15, 0.2) is 48.6 Å². The molecule has 62 heavy (non-hydrogen) atoms. The summed E-state index contributed by atoms with van der Waals surface area (Å²) in [5.41, 5.74) is 15.6. The number of nitrogens with one attached hydrogen (secondary N) is 2. The van der Waals surface area contributed by atoms with Crippen LogP contribution in [-0.4, -0.2) is 99.5 Å². The van der Waals surface area contributed by atoms with E-state index in [2.05, 4.69) is 31.8 Å². The van der Waals surface area contributed by atoms with E-state index in [-0.39, 0.29) is 66.7 Å². The maximum absolute atomic E-state index is 13.8. The molecule has 6 heterocycles. The number of hydrogen-bond donors (Lipinski definition) is 4. The van der Waals surface area contributed by atoms with Crippen LogP contribution < -0.4 is 31.6 Å². The van der Waals surface area contributed by atoms with E-state index < -0.39 is 29.7 Å². The molecule has 0 spiro atoms. The van der Waals surface area contributed by atoms with Crippen molar-refractivity contribution in [3.63, 3.8) is 0 Å². The predicted octanol–water partition coefficient (Wildman–Crippen LogP) is 3.38. The smallest absolute Gasteiger partial charge is 0.276 e. The Morgan fingerprint density at radius 2 is 1.23 bits per heavy atom. The summed E-state index contributed by atoms with van der Waals surface area (Å²) in [6, 6.07) is 11.5. The minimum atomic E-state index is -0.702. The maximum Gasteiger partial charge on any atom is 0.276 e. The van der Waals surface area contributed by atoms with Crippen LogP contribution in [0.2, 0.25) is 0 Å². The number of aromatic nitrogens is 8. The van der Waals surface area contributed by atoms with Crippen LogP contribution in [0.4, 0.5) is 11.9 Å². The molecule has 320 valence electrons. The molecule has 1 unspecified atom stereocenters. The number of carbonyl (C=O) groups is 4. The Kier molecular flexibility index (Phi) is 11.2. The number of nitriles is 1. The van der Waals surface area contributed by atoms with Crippen LogP contribution >= 0.6 is 0 Å². The van der Waals surface area contributed by atoms with Gasteiger partial charge in [-0.2, -0.15) is 15.5 Å². The van der Waals surface area contributed by atoms with Crippen LogP contribution in [0, 0.1) is 31.1 Å². The van der Waals surface area contributed by atoms with Crippen LogP contribution in [0.5, 0.6) is 11.5 Å². The molecule has 20 heteroatoms. The lowest BCUT2D eigenvalue weighted by Crippen LogP contribution is -2.42. The normalized spacial score (nSPS) is 16.5. The van der Waals surface area contributed by atoms with Crippen molar-refractivity contribution in [1.82, 2.24) is 43.6 Å². The molecule has 6 N–H and O–H groups in total. The van der Waals surface area contributed by atoms with Crippen molar-refractivity contribution in [2.75, 3.05) is 36.9 Å². The third-order valence-corrected chi connectivity index (χ3v) is 11.0. The summed E-state index contributed by atoms with van der Waals surface area (Å²) >= 11 is 0. The largest absolute Gasteiger partial charge is 0.490 e. The first kappa shape index (κ1) is 41.2. The molecule has 0 radical (unpaired) electrons. The van der Waals surface area contributed by atoms with Crippen molar-refractivity contribution in [2.45, 2.75) is 66.3 Å². The monoisotopic (exact) mass is 842 g/mol. The summed E-state index contributed by atoms with van der Waals surface area (Å²) in [6.07, 6.45) is 4.34. The van der Waals surface area contributed by atoms with E-state index in [0.717, 1.165) is 0 Å². The van der Waals surface area contributed by atoms with Crippen molar-refractivity contribution in [3.05, 3.63) is 82.5 Å². The van der Waals surface area contributed by atoms with Crippen molar-refractivity contribution in [2.24, 2.45) is 17.4 Å². The number of nitrogens with zero attached hydrogens (tertiary/aromatic N) is 10. The number of rotatable bonds is 9.